The smallest absolute Gasteiger partial charge is 0.338 e. The van der Waals surface area contributed by atoms with Crippen molar-refractivity contribution < 1.29 is 24.2 Å². The topological polar surface area (TPSA) is 86.6 Å². The molecule has 0 radical (unpaired) electrons. The lowest BCUT2D eigenvalue weighted by atomic mass is 10.1. The number of halogens is 2. The second kappa shape index (κ2) is 5.80. The van der Waals surface area contributed by atoms with Gasteiger partial charge in [-0.25, -0.2) is 9.18 Å². The molecule has 0 aliphatic carbocycles. The number of aromatic carboxylic acids is 1. The van der Waals surface area contributed by atoms with Crippen molar-refractivity contribution in [2.24, 2.45) is 0 Å². The third-order valence-corrected chi connectivity index (χ3v) is 2.90. The third-order valence-electron chi connectivity index (χ3n) is 2.66. The zero-order valence-electron chi connectivity index (χ0n) is 10.4. The maximum atomic E-state index is 13.5. The van der Waals surface area contributed by atoms with Crippen LogP contribution in [0.2, 0.25) is 5.02 Å². The molecule has 0 saturated heterocycles. The summed E-state index contributed by atoms with van der Waals surface area (Å²) in [7, 11) is 0. The van der Waals surface area contributed by atoms with E-state index < -0.39 is 23.3 Å². The molecule has 1 amide bonds. The molecule has 0 unspecified atom stereocenters. The van der Waals surface area contributed by atoms with Crippen molar-refractivity contribution in [2.75, 3.05) is 5.32 Å². The van der Waals surface area contributed by atoms with Crippen LogP contribution in [0, 0.1) is 5.82 Å². The molecule has 2 aromatic rings. The fraction of sp³-hybridized carbons (Fsp3) is 0. The lowest BCUT2D eigenvalue weighted by Crippen LogP contribution is -2.13. The molecular formula is C14H9ClFNO4. The van der Waals surface area contributed by atoms with Crippen molar-refractivity contribution in [1.29, 1.82) is 0 Å². The number of anilines is 1. The summed E-state index contributed by atoms with van der Waals surface area (Å²) >= 11 is 5.73. The highest BCUT2D eigenvalue weighted by Gasteiger charge is 2.14. The summed E-state index contributed by atoms with van der Waals surface area (Å²) in [6, 6.07) is 7.08. The van der Waals surface area contributed by atoms with Crippen LogP contribution in [0.25, 0.3) is 0 Å². The molecule has 5 nitrogen and oxygen atoms in total. The van der Waals surface area contributed by atoms with E-state index >= 15 is 0 Å². The van der Waals surface area contributed by atoms with Crippen LogP contribution in [-0.2, 0) is 0 Å². The number of carboxylic acids is 1. The molecule has 0 aliphatic heterocycles. The van der Waals surface area contributed by atoms with Gasteiger partial charge in [0.05, 0.1) is 11.1 Å². The zero-order valence-corrected chi connectivity index (χ0v) is 11.2. The van der Waals surface area contributed by atoms with Gasteiger partial charge < -0.3 is 15.5 Å². The van der Waals surface area contributed by atoms with E-state index in [-0.39, 0.29) is 22.0 Å². The number of rotatable bonds is 3. The highest BCUT2D eigenvalue weighted by Crippen LogP contribution is 2.23. The standard InChI is InChI=1S/C14H9ClFNO4/c15-7-1-4-12(18)10(5-7)13(19)17-8-2-3-9(14(20)21)11(16)6-8/h1-6,18H,(H,17,19)(H,20,21). The van der Waals surface area contributed by atoms with E-state index in [9.17, 15) is 19.1 Å². The maximum Gasteiger partial charge on any atom is 0.338 e. The van der Waals surface area contributed by atoms with Gasteiger partial charge in [0, 0.05) is 10.7 Å². The molecule has 21 heavy (non-hydrogen) atoms. The largest absolute Gasteiger partial charge is 0.507 e. The predicted octanol–water partition coefficient (Wildman–Crippen LogP) is 3.14. The molecule has 0 spiro atoms. The number of hydrogen-bond donors (Lipinski definition) is 3. The Hall–Kier alpha value is -2.60. The summed E-state index contributed by atoms with van der Waals surface area (Å²) < 4.78 is 13.5. The Bertz CT molecular complexity index is 733. The Kier molecular flexibility index (Phi) is 4.09. The van der Waals surface area contributed by atoms with E-state index in [2.05, 4.69) is 5.32 Å². The minimum Gasteiger partial charge on any atom is -0.507 e. The van der Waals surface area contributed by atoms with Gasteiger partial charge in [-0.15, -0.1) is 0 Å². The van der Waals surface area contributed by atoms with E-state index in [0.717, 1.165) is 12.1 Å². The first-order valence-corrected chi connectivity index (χ1v) is 6.09. The van der Waals surface area contributed by atoms with Gasteiger partial charge in [-0.1, -0.05) is 11.6 Å². The average Bonchev–Trinajstić information content (AvgIpc) is 2.41. The number of amides is 1. The molecule has 0 heterocycles. The first-order chi connectivity index (χ1) is 9.88. The van der Waals surface area contributed by atoms with Crippen LogP contribution in [0.1, 0.15) is 20.7 Å². The summed E-state index contributed by atoms with van der Waals surface area (Å²) in [5.74, 6) is -3.36. The van der Waals surface area contributed by atoms with E-state index in [1.165, 1.54) is 24.3 Å². The fourth-order valence-corrected chi connectivity index (χ4v) is 1.83. The van der Waals surface area contributed by atoms with Gasteiger partial charge in [-0.2, -0.15) is 0 Å². The first-order valence-electron chi connectivity index (χ1n) is 5.71. The lowest BCUT2D eigenvalue weighted by Gasteiger charge is -2.08. The van der Waals surface area contributed by atoms with Crippen LogP contribution >= 0.6 is 11.6 Å². The number of carbonyl (C=O) groups excluding carboxylic acids is 1. The van der Waals surface area contributed by atoms with Gasteiger partial charge in [0.25, 0.3) is 5.91 Å². The highest BCUT2D eigenvalue weighted by atomic mass is 35.5. The molecular weight excluding hydrogens is 301 g/mol. The average molecular weight is 310 g/mol. The summed E-state index contributed by atoms with van der Waals surface area (Å²) in [5, 5.41) is 20.9. The molecule has 0 bridgehead atoms. The van der Waals surface area contributed by atoms with Gasteiger partial charge in [0.2, 0.25) is 0 Å². The monoisotopic (exact) mass is 309 g/mol. The van der Waals surface area contributed by atoms with Crippen LogP contribution in [0.5, 0.6) is 5.75 Å². The minimum absolute atomic E-state index is 0.0573. The molecule has 2 aromatic carbocycles. The molecule has 0 saturated carbocycles. The highest BCUT2D eigenvalue weighted by molar-refractivity contribution is 6.31. The maximum absolute atomic E-state index is 13.5. The van der Waals surface area contributed by atoms with Crippen molar-refractivity contribution in [3.63, 3.8) is 0 Å². The number of carbonyl (C=O) groups is 2. The Morgan fingerprint density at radius 2 is 1.81 bits per heavy atom. The van der Waals surface area contributed by atoms with Gasteiger partial charge in [-0.3, -0.25) is 4.79 Å². The van der Waals surface area contributed by atoms with Crippen LogP contribution in [0.3, 0.4) is 0 Å². The fourth-order valence-electron chi connectivity index (χ4n) is 1.65. The molecule has 0 fully saturated rings. The molecule has 3 N–H and O–H groups in total. The molecule has 108 valence electrons. The number of nitrogens with one attached hydrogen (secondary N) is 1. The number of phenols is 1. The normalized spacial score (nSPS) is 10.2. The number of carboxylic acid groups (broad SMARTS) is 1. The van der Waals surface area contributed by atoms with Crippen LogP contribution < -0.4 is 5.32 Å². The van der Waals surface area contributed by atoms with E-state index in [4.69, 9.17) is 16.7 Å². The van der Waals surface area contributed by atoms with E-state index in [1.807, 2.05) is 0 Å². The van der Waals surface area contributed by atoms with Gasteiger partial charge in [-0.05, 0) is 36.4 Å². The van der Waals surface area contributed by atoms with Gasteiger partial charge in [0.1, 0.15) is 11.6 Å². The molecule has 7 heteroatoms. The summed E-state index contributed by atoms with van der Waals surface area (Å²) in [6.45, 7) is 0. The summed E-state index contributed by atoms with van der Waals surface area (Å²) in [5.41, 5.74) is -0.523. The van der Waals surface area contributed by atoms with Crippen molar-refractivity contribution in [3.8, 4) is 5.75 Å². The quantitative estimate of drug-likeness (QED) is 0.813. The Balaban J connectivity index is 2.26. The molecule has 2 rings (SSSR count). The van der Waals surface area contributed by atoms with Crippen molar-refractivity contribution in [2.45, 2.75) is 0 Å². The first kappa shape index (κ1) is 14.8. The number of aromatic hydroxyl groups is 1. The van der Waals surface area contributed by atoms with E-state index in [1.54, 1.807) is 0 Å². The molecule has 0 aliphatic rings. The predicted molar refractivity (Wildman–Crippen MR) is 74.4 cm³/mol. The number of hydrogen-bond acceptors (Lipinski definition) is 3. The second-order valence-electron chi connectivity index (χ2n) is 4.12. The summed E-state index contributed by atoms with van der Waals surface area (Å²) in [4.78, 5) is 22.6. The Morgan fingerprint density at radius 3 is 2.43 bits per heavy atom. The number of phenolic OH excluding ortho intramolecular Hbond substituents is 1. The Labute approximate surface area is 123 Å². The van der Waals surface area contributed by atoms with Gasteiger partial charge >= 0.3 is 5.97 Å². The molecule has 0 aromatic heterocycles. The molecule has 0 atom stereocenters. The SMILES string of the molecule is O=C(Nc1ccc(C(=O)O)c(F)c1)c1cc(Cl)ccc1O. The summed E-state index contributed by atoms with van der Waals surface area (Å²) in [6.07, 6.45) is 0. The van der Waals surface area contributed by atoms with Crippen molar-refractivity contribution in [3.05, 3.63) is 58.4 Å². The van der Waals surface area contributed by atoms with Crippen LogP contribution in [0.15, 0.2) is 36.4 Å². The van der Waals surface area contributed by atoms with Crippen LogP contribution in [-0.4, -0.2) is 22.1 Å². The number of benzene rings is 2. The zero-order chi connectivity index (χ0) is 15.6. The van der Waals surface area contributed by atoms with Crippen molar-refractivity contribution >= 4 is 29.2 Å². The second-order valence-corrected chi connectivity index (χ2v) is 4.55. The van der Waals surface area contributed by atoms with Crippen LogP contribution in [0.4, 0.5) is 10.1 Å². The third kappa shape index (κ3) is 3.29. The minimum atomic E-state index is -1.40. The van der Waals surface area contributed by atoms with Gasteiger partial charge in [0.15, 0.2) is 0 Å². The van der Waals surface area contributed by atoms with Crippen molar-refractivity contribution in [1.82, 2.24) is 0 Å². The lowest BCUT2D eigenvalue weighted by molar-refractivity contribution is 0.0691. The van der Waals surface area contributed by atoms with E-state index in [0.29, 0.717) is 0 Å². The Morgan fingerprint density at radius 1 is 1.10 bits per heavy atom.